The zero-order chi connectivity index (χ0) is 9.54. The van der Waals surface area contributed by atoms with E-state index in [-0.39, 0.29) is 5.95 Å². The second kappa shape index (κ2) is 2.57. The van der Waals surface area contributed by atoms with E-state index < -0.39 is 0 Å². The van der Waals surface area contributed by atoms with Gasteiger partial charge >= 0.3 is 5.65 Å². The summed E-state index contributed by atoms with van der Waals surface area (Å²) in [7, 11) is 0. The van der Waals surface area contributed by atoms with E-state index in [4.69, 9.17) is 5.73 Å². The molecule has 0 saturated heterocycles. The summed E-state index contributed by atoms with van der Waals surface area (Å²) in [6, 6.07) is 0.552. The van der Waals surface area contributed by atoms with Crippen molar-refractivity contribution in [3.63, 3.8) is 0 Å². The third-order valence-corrected chi connectivity index (χ3v) is 2.27. The number of aromatic nitrogens is 4. The molecule has 2 heterocycles. The minimum absolute atomic E-state index is 0.288. The Labute approximate surface area is 80.0 Å². The van der Waals surface area contributed by atoms with Gasteiger partial charge in [-0.05, 0) is 12.8 Å². The van der Waals surface area contributed by atoms with Crippen molar-refractivity contribution in [2.75, 3.05) is 11.1 Å². The first-order valence-electron chi connectivity index (χ1n) is 4.62. The molecule has 1 saturated carbocycles. The molecule has 5 N–H and O–H groups in total. The number of H-pyrrole nitrogens is 2. The molecule has 0 bridgehead atoms. The topological polar surface area (TPSA) is 93.8 Å². The van der Waals surface area contributed by atoms with Crippen LogP contribution in [0.1, 0.15) is 12.8 Å². The van der Waals surface area contributed by atoms with E-state index in [9.17, 15) is 0 Å². The first-order valence-corrected chi connectivity index (χ1v) is 4.62. The van der Waals surface area contributed by atoms with Gasteiger partial charge in [-0.25, -0.2) is 4.98 Å². The number of nitrogen functional groups attached to an aromatic ring is 1. The highest BCUT2D eigenvalue weighted by Gasteiger charge is 2.24. The zero-order valence-electron chi connectivity index (χ0n) is 7.54. The SMILES string of the molecule is Nc1nc(NC2CC2)c2[nH]c[nH+]c2n1. The Kier molecular flexibility index (Phi) is 1.38. The summed E-state index contributed by atoms with van der Waals surface area (Å²) in [5, 5.41) is 3.30. The third kappa shape index (κ3) is 1.15. The highest BCUT2D eigenvalue weighted by molar-refractivity contribution is 5.81. The maximum Gasteiger partial charge on any atom is 0.307 e. The van der Waals surface area contributed by atoms with E-state index in [0.717, 1.165) is 17.0 Å². The van der Waals surface area contributed by atoms with Crippen molar-refractivity contribution in [3.05, 3.63) is 6.33 Å². The molecule has 2 aromatic rings. The normalized spacial score (nSPS) is 16.0. The molecule has 0 radical (unpaired) electrons. The first kappa shape index (κ1) is 7.54. The molecule has 0 aliphatic heterocycles. The van der Waals surface area contributed by atoms with Crippen LogP contribution >= 0.6 is 0 Å². The molecule has 14 heavy (non-hydrogen) atoms. The maximum atomic E-state index is 5.58. The fraction of sp³-hybridized carbons (Fsp3) is 0.375. The Morgan fingerprint density at radius 1 is 1.50 bits per heavy atom. The molecule has 2 aromatic heterocycles. The minimum atomic E-state index is 0.288. The Bertz CT molecular complexity index is 472. The molecule has 0 unspecified atom stereocenters. The Morgan fingerprint density at radius 2 is 2.36 bits per heavy atom. The molecule has 0 atom stereocenters. The number of anilines is 2. The Hall–Kier alpha value is -1.85. The third-order valence-electron chi connectivity index (χ3n) is 2.27. The van der Waals surface area contributed by atoms with Gasteiger partial charge in [-0.2, -0.15) is 4.98 Å². The van der Waals surface area contributed by atoms with Crippen molar-refractivity contribution in [3.8, 4) is 0 Å². The van der Waals surface area contributed by atoms with E-state index in [1.54, 1.807) is 6.33 Å². The lowest BCUT2D eigenvalue weighted by Gasteiger charge is -2.00. The quantitative estimate of drug-likeness (QED) is 0.619. The van der Waals surface area contributed by atoms with Gasteiger partial charge in [0, 0.05) is 6.04 Å². The van der Waals surface area contributed by atoms with Crippen molar-refractivity contribution in [2.24, 2.45) is 0 Å². The number of fused-ring (bicyclic) bond motifs is 1. The first-order chi connectivity index (χ1) is 6.83. The lowest BCUT2D eigenvalue weighted by molar-refractivity contribution is -0.347. The molecule has 0 amide bonds. The van der Waals surface area contributed by atoms with Crippen LogP contribution in [0.25, 0.3) is 11.2 Å². The highest BCUT2D eigenvalue weighted by Crippen LogP contribution is 2.26. The van der Waals surface area contributed by atoms with Crippen LogP contribution in [-0.2, 0) is 0 Å². The highest BCUT2D eigenvalue weighted by atomic mass is 15.1. The standard InChI is InChI=1S/C8H10N6/c9-8-13-6-5(10-3-11-6)7(14-8)12-4-1-2-4/h3-4H,1-2H2,(H4,9,10,11,12,13,14)/p+1. The van der Waals surface area contributed by atoms with Crippen LogP contribution < -0.4 is 16.0 Å². The van der Waals surface area contributed by atoms with Gasteiger partial charge in [-0.3, -0.25) is 4.98 Å². The van der Waals surface area contributed by atoms with E-state index in [1.807, 2.05) is 0 Å². The lowest BCUT2D eigenvalue weighted by atomic mass is 10.4. The number of aromatic amines is 2. The number of nitrogens with two attached hydrogens (primary N) is 1. The minimum Gasteiger partial charge on any atom is -0.364 e. The van der Waals surface area contributed by atoms with Gasteiger partial charge < -0.3 is 11.1 Å². The van der Waals surface area contributed by atoms with E-state index in [2.05, 4.69) is 25.3 Å². The Morgan fingerprint density at radius 3 is 3.14 bits per heavy atom. The Balaban J connectivity index is 2.13. The maximum absolute atomic E-state index is 5.58. The van der Waals surface area contributed by atoms with Gasteiger partial charge in [-0.1, -0.05) is 4.98 Å². The number of hydrogen-bond donors (Lipinski definition) is 3. The van der Waals surface area contributed by atoms with Crippen LogP contribution in [-0.4, -0.2) is 21.0 Å². The predicted molar refractivity (Wildman–Crippen MR) is 51.5 cm³/mol. The number of nitrogens with one attached hydrogen (secondary N) is 3. The molecule has 0 aromatic carbocycles. The summed E-state index contributed by atoms with van der Waals surface area (Å²) in [5.74, 6) is 1.08. The van der Waals surface area contributed by atoms with Gasteiger partial charge in [0.1, 0.15) is 0 Å². The predicted octanol–water partition coefficient (Wildman–Crippen LogP) is -0.0715. The van der Waals surface area contributed by atoms with Crippen LogP contribution in [0.5, 0.6) is 0 Å². The van der Waals surface area contributed by atoms with Gasteiger partial charge in [0.15, 0.2) is 12.1 Å². The van der Waals surface area contributed by atoms with E-state index in [1.165, 1.54) is 12.8 Å². The number of hydrogen-bond acceptors (Lipinski definition) is 4. The number of nitrogens with zero attached hydrogens (tertiary/aromatic N) is 2. The molecule has 72 valence electrons. The molecule has 1 aliphatic carbocycles. The van der Waals surface area contributed by atoms with Crippen LogP contribution in [0.4, 0.5) is 11.8 Å². The van der Waals surface area contributed by atoms with Crippen LogP contribution in [0.2, 0.25) is 0 Å². The van der Waals surface area contributed by atoms with Crippen LogP contribution in [0.3, 0.4) is 0 Å². The average Bonchev–Trinajstić information content (AvgIpc) is 2.81. The summed E-state index contributed by atoms with van der Waals surface area (Å²) in [6.07, 6.45) is 4.13. The number of imidazole rings is 1. The van der Waals surface area contributed by atoms with E-state index in [0.29, 0.717) is 6.04 Å². The monoisotopic (exact) mass is 191 g/mol. The number of rotatable bonds is 2. The van der Waals surface area contributed by atoms with Crippen molar-refractivity contribution < 1.29 is 4.98 Å². The molecular weight excluding hydrogens is 180 g/mol. The molecular formula is C8H11N6+. The lowest BCUT2D eigenvalue weighted by Crippen LogP contribution is -2.08. The van der Waals surface area contributed by atoms with E-state index >= 15 is 0 Å². The zero-order valence-corrected chi connectivity index (χ0v) is 7.54. The summed E-state index contributed by atoms with van der Waals surface area (Å²) in [6.45, 7) is 0. The smallest absolute Gasteiger partial charge is 0.307 e. The second-order valence-corrected chi connectivity index (χ2v) is 3.51. The van der Waals surface area contributed by atoms with Gasteiger partial charge in [-0.15, -0.1) is 0 Å². The molecule has 0 spiro atoms. The second-order valence-electron chi connectivity index (χ2n) is 3.51. The van der Waals surface area contributed by atoms with Crippen LogP contribution in [0.15, 0.2) is 6.33 Å². The summed E-state index contributed by atoms with van der Waals surface area (Å²) < 4.78 is 0. The van der Waals surface area contributed by atoms with Crippen LogP contribution in [0, 0.1) is 0 Å². The molecule has 1 fully saturated rings. The molecule has 3 rings (SSSR count). The fourth-order valence-corrected chi connectivity index (χ4v) is 1.42. The molecule has 6 heteroatoms. The molecule has 6 nitrogen and oxygen atoms in total. The van der Waals surface area contributed by atoms with Gasteiger partial charge in [0.25, 0.3) is 5.95 Å². The van der Waals surface area contributed by atoms with Gasteiger partial charge in [0.05, 0.1) is 0 Å². The molecule has 1 aliphatic rings. The van der Waals surface area contributed by atoms with Crippen molar-refractivity contribution in [2.45, 2.75) is 18.9 Å². The van der Waals surface area contributed by atoms with Crippen molar-refractivity contribution in [1.29, 1.82) is 0 Å². The largest absolute Gasteiger partial charge is 0.364 e. The summed E-state index contributed by atoms with van der Waals surface area (Å²) in [4.78, 5) is 14.2. The van der Waals surface area contributed by atoms with Crippen molar-refractivity contribution in [1.82, 2.24) is 15.0 Å². The fourth-order valence-electron chi connectivity index (χ4n) is 1.42. The van der Waals surface area contributed by atoms with Crippen molar-refractivity contribution >= 4 is 22.9 Å². The van der Waals surface area contributed by atoms with Gasteiger partial charge in [0.2, 0.25) is 5.52 Å². The summed E-state index contributed by atoms with van der Waals surface area (Å²) >= 11 is 0. The summed E-state index contributed by atoms with van der Waals surface area (Å²) in [5.41, 5.74) is 7.20. The average molecular weight is 191 g/mol.